The number of halogens is 2. The van der Waals surface area contributed by atoms with Gasteiger partial charge in [0.1, 0.15) is 0 Å². The molecule has 1 nitrogen and oxygen atoms in total. The molecule has 7 heavy (non-hydrogen) atoms. The number of hydrogen-bond donors (Lipinski definition) is 0. The normalized spacial score (nSPS) is 6.57. The van der Waals surface area contributed by atoms with Crippen LogP contribution >= 0.6 is 11.3 Å². The van der Waals surface area contributed by atoms with E-state index in [4.69, 9.17) is 9.15 Å². The minimum atomic E-state index is 1.60. The second-order valence-corrected chi connectivity index (χ2v) is 1.43. The Morgan fingerprint density at radius 1 is 1.43 bits per heavy atom. The lowest BCUT2D eigenvalue weighted by atomic mass is 11.0. The van der Waals surface area contributed by atoms with Crippen LogP contribution in [0.4, 0.5) is 9.15 Å². The van der Waals surface area contributed by atoms with Crippen LogP contribution in [0.1, 0.15) is 0 Å². The highest BCUT2D eigenvalue weighted by molar-refractivity contribution is 7.07. The first kappa shape index (κ1) is 6.49. The van der Waals surface area contributed by atoms with Crippen LogP contribution < -0.4 is 0 Å². The molecule has 0 aliphatic heterocycles. The fraction of sp³-hybridized carbons (Fsp3) is 0. The van der Waals surface area contributed by atoms with E-state index in [0.717, 1.165) is 0 Å². The molecule has 1 aromatic heterocycles. The first-order chi connectivity index (χ1) is 3.50. The van der Waals surface area contributed by atoms with E-state index < -0.39 is 0 Å². The Labute approximate surface area is 43.5 Å². The van der Waals surface area contributed by atoms with Gasteiger partial charge in [-0.05, 0) is 0 Å². The summed E-state index contributed by atoms with van der Waals surface area (Å²) in [5, 5.41) is 1.93. The van der Waals surface area contributed by atoms with Gasteiger partial charge in [0.2, 0.25) is 0 Å². The number of hydrogen-bond acceptors (Lipinski definition) is 2. The summed E-state index contributed by atoms with van der Waals surface area (Å²) in [4.78, 5) is 3.74. The molecule has 0 spiro atoms. The lowest BCUT2D eigenvalue weighted by Crippen LogP contribution is -1.38. The molecular weight excluding hydrogens is 120 g/mol. The molecule has 4 heteroatoms. The Hall–Kier alpha value is -0.510. The van der Waals surface area contributed by atoms with Gasteiger partial charge in [-0.1, -0.05) is 0 Å². The Kier molecular flexibility index (Phi) is 5.09. The molecule has 1 heterocycles. The molecule has 0 amide bonds. The Morgan fingerprint density at radius 3 is 2.29 bits per heavy atom. The van der Waals surface area contributed by atoms with Crippen molar-refractivity contribution in [3.63, 3.8) is 0 Å². The summed E-state index contributed by atoms with van der Waals surface area (Å²) in [5.41, 5.74) is 1.79. The van der Waals surface area contributed by atoms with Crippen molar-refractivity contribution in [1.29, 1.82) is 0 Å². The van der Waals surface area contributed by atoms with Crippen molar-refractivity contribution in [2.45, 2.75) is 0 Å². The van der Waals surface area contributed by atoms with Crippen molar-refractivity contribution in [2.75, 3.05) is 0 Å². The number of nitrogens with zero attached hydrogens (tertiary/aromatic N) is 1. The van der Waals surface area contributed by atoms with E-state index in [9.17, 15) is 0 Å². The van der Waals surface area contributed by atoms with Crippen LogP contribution in [0.15, 0.2) is 17.1 Å². The van der Waals surface area contributed by atoms with Gasteiger partial charge in [0.15, 0.2) is 0 Å². The Balaban J connectivity index is 0.000000162. The zero-order chi connectivity index (χ0) is 5.54. The molecule has 0 bridgehead atoms. The van der Waals surface area contributed by atoms with Crippen molar-refractivity contribution in [3.8, 4) is 0 Å². The maximum absolute atomic E-state index is 8.00. The average Bonchev–Trinajstić information content (AvgIpc) is 2.23. The lowest BCUT2D eigenvalue weighted by Gasteiger charge is -1.41. The van der Waals surface area contributed by atoms with Crippen molar-refractivity contribution in [1.82, 2.24) is 4.98 Å². The topological polar surface area (TPSA) is 12.9 Å². The fourth-order valence-corrected chi connectivity index (χ4v) is 0.527. The predicted molar refractivity (Wildman–Crippen MR) is 24.3 cm³/mol. The van der Waals surface area contributed by atoms with Gasteiger partial charge in [-0.15, -0.1) is 11.3 Å². The molecule has 0 aromatic carbocycles. The molecule has 0 radical (unpaired) electrons. The number of thiazole rings is 1. The molecule has 0 unspecified atom stereocenters. The minimum Gasteiger partial charge on any atom is -0.253 e. The second-order valence-electron chi connectivity index (χ2n) is 0.676. The molecule has 0 aliphatic rings. The van der Waals surface area contributed by atoms with Gasteiger partial charge in [-0.3, -0.25) is 4.98 Å². The third kappa shape index (κ3) is 3.32. The average molecular weight is 123 g/mol. The highest BCUT2D eigenvalue weighted by Crippen LogP contribution is 1.85. The third-order valence-electron chi connectivity index (χ3n) is 0.347. The van der Waals surface area contributed by atoms with Gasteiger partial charge in [0, 0.05) is 20.7 Å². The largest absolute Gasteiger partial charge is 0.253 e. The van der Waals surface area contributed by atoms with Crippen LogP contribution in [0.5, 0.6) is 0 Å². The second kappa shape index (κ2) is 5.49. The molecular formula is C3H3F2NS. The van der Waals surface area contributed by atoms with Crippen LogP contribution in [-0.4, -0.2) is 4.98 Å². The monoisotopic (exact) mass is 123 g/mol. The van der Waals surface area contributed by atoms with Gasteiger partial charge >= 0.3 is 0 Å². The fourth-order valence-electron chi connectivity index (χ4n) is 0.176. The summed E-state index contributed by atoms with van der Waals surface area (Å²) >= 11 is 1.60. The Bertz CT molecular complexity index is 69.4. The van der Waals surface area contributed by atoms with E-state index in [0.29, 0.717) is 0 Å². The number of aromatic nitrogens is 1. The van der Waals surface area contributed by atoms with Crippen LogP contribution in [0.3, 0.4) is 0 Å². The summed E-state index contributed by atoms with van der Waals surface area (Å²) < 4.78 is 16.0. The van der Waals surface area contributed by atoms with E-state index in [-0.39, 0.29) is 0 Å². The van der Waals surface area contributed by atoms with Crippen molar-refractivity contribution in [3.05, 3.63) is 17.1 Å². The van der Waals surface area contributed by atoms with Gasteiger partial charge < -0.3 is 0 Å². The van der Waals surface area contributed by atoms with Gasteiger partial charge in [-0.25, -0.2) is 0 Å². The number of rotatable bonds is 0. The SMILES string of the molecule is FF.c1cscn1. The summed E-state index contributed by atoms with van der Waals surface area (Å²) in [7, 11) is 0. The van der Waals surface area contributed by atoms with Crippen molar-refractivity contribution in [2.24, 2.45) is 0 Å². The molecule has 1 aromatic rings. The minimum absolute atomic E-state index is 1.60. The molecule has 0 atom stereocenters. The quantitative estimate of drug-likeness (QED) is 0.514. The highest BCUT2D eigenvalue weighted by Gasteiger charge is 1.59. The molecule has 0 saturated carbocycles. The highest BCUT2D eigenvalue weighted by atomic mass is 32.1. The summed E-state index contributed by atoms with van der Waals surface area (Å²) in [5.74, 6) is 0. The zero-order valence-electron chi connectivity index (χ0n) is 3.34. The van der Waals surface area contributed by atoms with Gasteiger partial charge in [0.05, 0.1) is 5.51 Å². The van der Waals surface area contributed by atoms with E-state index in [1.807, 2.05) is 5.38 Å². The molecule has 0 N–H and O–H groups in total. The smallest absolute Gasteiger partial charge is 0.0791 e. The maximum Gasteiger partial charge on any atom is 0.0791 e. The lowest BCUT2D eigenvalue weighted by molar-refractivity contribution is 0.108. The van der Waals surface area contributed by atoms with Crippen LogP contribution in [-0.2, 0) is 0 Å². The molecule has 40 valence electrons. The molecule has 0 saturated heterocycles. The van der Waals surface area contributed by atoms with Crippen molar-refractivity contribution < 1.29 is 9.15 Å². The summed E-state index contributed by atoms with van der Waals surface area (Å²) in [6.45, 7) is 0. The van der Waals surface area contributed by atoms with Crippen molar-refractivity contribution >= 4 is 11.3 Å². The van der Waals surface area contributed by atoms with E-state index in [1.165, 1.54) is 0 Å². The van der Waals surface area contributed by atoms with Crippen LogP contribution in [0, 0.1) is 0 Å². The standard InChI is InChI=1S/C3H3NS.F2/c1-2-5-3-4-1;1-2/h1-3H;. The molecule has 0 fully saturated rings. The first-order valence-electron chi connectivity index (χ1n) is 1.46. The van der Waals surface area contributed by atoms with Gasteiger partial charge in [-0.2, -0.15) is 0 Å². The Morgan fingerprint density at radius 2 is 2.14 bits per heavy atom. The summed E-state index contributed by atoms with van der Waals surface area (Å²) in [6, 6.07) is 0. The van der Waals surface area contributed by atoms with Gasteiger partial charge in [0.25, 0.3) is 0 Å². The summed E-state index contributed by atoms with van der Waals surface area (Å²) in [6.07, 6.45) is 1.77. The predicted octanol–water partition coefficient (Wildman–Crippen LogP) is 1.98. The van der Waals surface area contributed by atoms with E-state index >= 15 is 0 Å². The zero-order valence-corrected chi connectivity index (χ0v) is 4.16. The van der Waals surface area contributed by atoms with Crippen LogP contribution in [0.2, 0.25) is 0 Å². The molecule has 1 rings (SSSR count). The van der Waals surface area contributed by atoms with E-state index in [1.54, 1.807) is 23.0 Å². The van der Waals surface area contributed by atoms with E-state index in [2.05, 4.69) is 4.98 Å². The molecule has 0 aliphatic carbocycles. The first-order valence-corrected chi connectivity index (χ1v) is 2.41. The van der Waals surface area contributed by atoms with Crippen LogP contribution in [0.25, 0.3) is 0 Å². The third-order valence-corrected chi connectivity index (χ3v) is 0.869. The maximum atomic E-state index is 8.00.